The molecule has 4 nitrogen and oxygen atoms in total. The molecule has 5 rings (SSSR count). The monoisotopic (exact) mass is 454 g/mol. The smallest absolute Gasteiger partial charge is 0.225 e. The van der Waals surface area contributed by atoms with E-state index in [1.165, 1.54) is 27.8 Å². The minimum atomic E-state index is 0.342. The van der Waals surface area contributed by atoms with Crippen LogP contribution in [0.1, 0.15) is 43.2 Å². The highest BCUT2D eigenvalue weighted by Crippen LogP contribution is 2.45. The SMILES string of the molecule is CC(C)(C)C1CCc2c(sc3nc(Cl)nc(N4CCN(Cc5ccccc5)CC4)c23)C1. The lowest BCUT2D eigenvalue weighted by atomic mass is 9.72. The first-order valence-electron chi connectivity index (χ1n) is 11.4. The molecule has 0 saturated carbocycles. The number of anilines is 1. The average Bonchev–Trinajstić information content (AvgIpc) is 3.11. The Morgan fingerprint density at radius 3 is 2.52 bits per heavy atom. The summed E-state index contributed by atoms with van der Waals surface area (Å²) in [6, 6.07) is 10.7. The number of benzene rings is 1. The van der Waals surface area contributed by atoms with Gasteiger partial charge in [0.25, 0.3) is 0 Å². The van der Waals surface area contributed by atoms with Crippen LogP contribution in [0.5, 0.6) is 0 Å². The number of aromatic nitrogens is 2. The molecule has 1 saturated heterocycles. The zero-order valence-corrected chi connectivity index (χ0v) is 20.3. The van der Waals surface area contributed by atoms with Crippen LogP contribution in [-0.4, -0.2) is 41.0 Å². The van der Waals surface area contributed by atoms with E-state index in [4.69, 9.17) is 16.6 Å². The predicted molar refractivity (Wildman–Crippen MR) is 131 cm³/mol. The summed E-state index contributed by atoms with van der Waals surface area (Å²) in [5, 5.41) is 1.65. The van der Waals surface area contributed by atoms with Crippen molar-refractivity contribution in [3.8, 4) is 0 Å². The molecule has 0 N–H and O–H groups in total. The van der Waals surface area contributed by atoms with Gasteiger partial charge in [-0.2, -0.15) is 4.98 Å². The molecule has 31 heavy (non-hydrogen) atoms. The van der Waals surface area contributed by atoms with E-state index in [-0.39, 0.29) is 0 Å². The van der Waals surface area contributed by atoms with Gasteiger partial charge in [0.1, 0.15) is 10.6 Å². The summed E-state index contributed by atoms with van der Waals surface area (Å²) >= 11 is 8.23. The lowest BCUT2D eigenvalue weighted by Crippen LogP contribution is -2.46. The number of fused-ring (bicyclic) bond motifs is 3. The molecule has 3 heterocycles. The Labute approximate surface area is 194 Å². The Bertz CT molecular complexity index is 1060. The third kappa shape index (κ3) is 4.33. The first-order valence-corrected chi connectivity index (χ1v) is 12.6. The van der Waals surface area contributed by atoms with Crippen LogP contribution >= 0.6 is 22.9 Å². The van der Waals surface area contributed by atoms with Gasteiger partial charge in [-0.1, -0.05) is 51.1 Å². The Morgan fingerprint density at radius 2 is 1.81 bits per heavy atom. The van der Waals surface area contributed by atoms with Gasteiger partial charge in [0.15, 0.2) is 0 Å². The van der Waals surface area contributed by atoms with E-state index in [0.717, 1.165) is 62.1 Å². The fourth-order valence-electron chi connectivity index (χ4n) is 5.06. The molecule has 1 atom stereocenters. The maximum Gasteiger partial charge on any atom is 0.225 e. The Hall–Kier alpha value is -1.69. The van der Waals surface area contributed by atoms with Crippen LogP contribution in [0.25, 0.3) is 10.2 Å². The van der Waals surface area contributed by atoms with E-state index >= 15 is 0 Å². The van der Waals surface area contributed by atoms with Crippen molar-refractivity contribution in [1.82, 2.24) is 14.9 Å². The lowest BCUT2D eigenvalue weighted by Gasteiger charge is -2.36. The van der Waals surface area contributed by atoms with Gasteiger partial charge in [-0.25, -0.2) is 4.98 Å². The van der Waals surface area contributed by atoms with Crippen molar-refractivity contribution >= 4 is 39.0 Å². The van der Waals surface area contributed by atoms with Gasteiger partial charge in [0, 0.05) is 37.6 Å². The quantitative estimate of drug-likeness (QED) is 0.467. The zero-order chi connectivity index (χ0) is 21.6. The standard InChI is InChI=1S/C25H31ClN4S/c1-25(2,3)18-9-10-19-20(15-18)31-23-21(19)22(27-24(26)28-23)30-13-11-29(12-14-30)16-17-7-5-4-6-8-17/h4-8,18H,9-16H2,1-3H3. The van der Waals surface area contributed by atoms with Crippen molar-refractivity contribution in [2.45, 2.75) is 46.6 Å². The first kappa shape index (κ1) is 21.2. The number of aryl methyl sites for hydroxylation is 1. The molecule has 0 amide bonds. The lowest BCUT2D eigenvalue weighted by molar-refractivity contribution is 0.218. The molecule has 3 aromatic rings. The summed E-state index contributed by atoms with van der Waals surface area (Å²) < 4.78 is 0. The maximum absolute atomic E-state index is 6.39. The molecule has 1 unspecified atom stereocenters. The molecule has 2 aromatic heterocycles. The van der Waals surface area contributed by atoms with Crippen LogP contribution < -0.4 is 4.90 Å². The average molecular weight is 455 g/mol. The molecule has 1 aliphatic carbocycles. The van der Waals surface area contributed by atoms with Gasteiger partial charge in [-0.3, -0.25) is 4.90 Å². The van der Waals surface area contributed by atoms with Gasteiger partial charge in [0.2, 0.25) is 5.28 Å². The van der Waals surface area contributed by atoms with Gasteiger partial charge >= 0.3 is 0 Å². The largest absolute Gasteiger partial charge is 0.353 e. The molecule has 164 valence electrons. The van der Waals surface area contributed by atoms with E-state index in [9.17, 15) is 0 Å². The van der Waals surface area contributed by atoms with Crippen LogP contribution in [0.2, 0.25) is 5.28 Å². The van der Waals surface area contributed by atoms with Crippen LogP contribution in [0.3, 0.4) is 0 Å². The third-order valence-electron chi connectivity index (χ3n) is 7.01. The van der Waals surface area contributed by atoms with E-state index in [0.29, 0.717) is 10.7 Å². The second kappa shape index (κ2) is 8.34. The molecule has 2 aliphatic rings. The summed E-state index contributed by atoms with van der Waals surface area (Å²) in [7, 11) is 0. The first-order chi connectivity index (χ1) is 14.9. The molecule has 0 spiro atoms. The number of piperazine rings is 1. The molecule has 1 aromatic carbocycles. The number of halogens is 1. The van der Waals surface area contributed by atoms with Gasteiger partial charge in [0.05, 0.1) is 5.39 Å². The van der Waals surface area contributed by atoms with E-state index < -0.39 is 0 Å². The van der Waals surface area contributed by atoms with Crippen LogP contribution in [-0.2, 0) is 19.4 Å². The second-order valence-corrected chi connectivity index (χ2v) is 11.5. The van der Waals surface area contributed by atoms with Crippen molar-refractivity contribution in [1.29, 1.82) is 0 Å². The number of rotatable bonds is 3. The van der Waals surface area contributed by atoms with Crippen molar-refractivity contribution in [2.75, 3.05) is 31.1 Å². The Balaban J connectivity index is 1.39. The highest BCUT2D eigenvalue weighted by Gasteiger charge is 2.33. The van der Waals surface area contributed by atoms with Crippen LogP contribution in [0.4, 0.5) is 5.82 Å². The molecule has 0 bridgehead atoms. The fourth-order valence-corrected chi connectivity index (χ4v) is 6.57. The highest BCUT2D eigenvalue weighted by atomic mass is 35.5. The highest BCUT2D eigenvalue weighted by molar-refractivity contribution is 7.19. The van der Waals surface area contributed by atoms with Crippen LogP contribution in [0, 0.1) is 11.3 Å². The Morgan fingerprint density at radius 1 is 1.06 bits per heavy atom. The predicted octanol–water partition coefficient (Wildman–Crippen LogP) is 5.82. The maximum atomic E-state index is 6.39. The third-order valence-corrected chi connectivity index (χ3v) is 8.33. The summed E-state index contributed by atoms with van der Waals surface area (Å²) in [5.74, 6) is 1.78. The zero-order valence-electron chi connectivity index (χ0n) is 18.7. The summed E-state index contributed by atoms with van der Waals surface area (Å²) in [6.07, 6.45) is 3.53. The molecule has 0 radical (unpaired) electrons. The molecular formula is C25H31ClN4S. The topological polar surface area (TPSA) is 32.3 Å². The van der Waals surface area contributed by atoms with Gasteiger partial charge in [-0.15, -0.1) is 11.3 Å². The molecule has 6 heteroatoms. The fraction of sp³-hybridized carbons (Fsp3) is 0.520. The van der Waals surface area contributed by atoms with E-state index in [1.54, 1.807) is 0 Å². The molecular weight excluding hydrogens is 424 g/mol. The summed E-state index contributed by atoms with van der Waals surface area (Å²) in [5.41, 5.74) is 3.21. The number of hydrogen-bond donors (Lipinski definition) is 0. The van der Waals surface area contributed by atoms with Crippen molar-refractivity contribution in [2.24, 2.45) is 11.3 Å². The molecule has 1 fully saturated rings. The van der Waals surface area contributed by atoms with E-state index in [1.807, 2.05) is 11.3 Å². The number of thiophene rings is 1. The minimum absolute atomic E-state index is 0.342. The van der Waals surface area contributed by atoms with E-state index in [2.05, 4.69) is 65.9 Å². The van der Waals surface area contributed by atoms with Crippen LogP contribution in [0.15, 0.2) is 30.3 Å². The summed E-state index contributed by atoms with van der Waals surface area (Å²) in [4.78, 5) is 16.9. The van der Waals surface area contributed by atoms with Crippen molar-refractivity contribution < 1.29 is 0 Å². The minimum Gasteiger partial charge on any atom is -0.353 e. The second-order valence-electron chi connectivity index (χ2n) is 10.1. The van der Waals surface area contributed by atoms with Crippen molar-refractivity contribution in [3.63, 3.8) is 0 Å². The number of nitrogens with zero attached hydrogens (tertiary/aromatic N) is 4. The summed E-state index contributed by atoms with van der Waals surface area (Å²) in [6.45, 7) is 12.1. The molecule has 1 aliphatic heterocycles. The van der Waals surface area contributed by atoms with Gasteiger partial charge in [-0.05, 0) is 53.3 Å². The van der Waals surface area contributed by atoms with Crippen molar-refractivity contribution in [3.05, 3.63) is 51.6 Å². The van der Waals surface area contributed by atoms with Gasteiger partial charge < -0.3 is 4.90 Å². The number of hydrogen-bond acceptors (Lipinski definition) is 5. The Kier molecular flexibility index (Phi) is 5.70. The normalized spacial score (nSPS) is 20.3.